The number of aliphatic hydroxyl groups excluding tert-OH is 1. The van der Waals surface area contributed by atoms with E-state index in [4.69, 9.17) is 5.11 Å². The molecule has 0 spiro atoms. The largest absolute Gasteiger partial charge is 0.478 e. The van der Waals surface area contributed by atoms with Gasteiger partial charge in [-0.05, 0) is 12.0 Å². The summed E-state index contributed by atoms with van der Waals surface area (Å²) in [5.74, 6) is -1.17. The molecule has 1 aromatic carbocycles. The number of aromatic carboxylic acids is 1. The van der Waals surface area contributed by atoms with E-state index in [1.165, 1.54) is 12.1 Å². The number of non-ortho nitro benzene ring substituents is 1. The van der Waals surface area contributed by atoms with Gasteiger partial charge in [0.05, 0.1) is 23.1 Å². The molecule has 0 unspecified atom stereocenters. The lowest BCUT2D eigenvalue weighted by molar-refractivity contribution is -0.384. The molecule has 7 heteroatoms. The molecule has 0 saturated carbocycles. The minimum atomic E-state index is -1.26. The predicted molar refractivity (Wildman–Crippen MR) is 69.4 cm³/mol. The van der Waals surface area contributed by atoms with Gasteiger partial charge in [0.2, 0.25) is 0 Å². The molecule has 0 aliphatic carbocycles. The number of benzene rings is 1. The van der Waals surface area contributed by atoms with Crippen LogP contribution >= 0.6 is 0 Å². The lowest BCUT2D eigenvalue weighted by Gasteiger charge is -2.22. The molecule has 3 N–H and O–H groups in total. The number of carbonyl (C=O) groups is 1. The SMILES string of the molecule is CC(C)[C@@H](CO)Nc1ccc([N+](=O)[O-])cc1C(=O)O. The van der Waals surface area contributed by atoms with Crippen molar-refractivity contribution in [2.75, 3.05) is 11.9 Å². The summed E-state index contributed by atoms with van der Waals surface area (Å²) in [6.07, 6.45) is 0. The highest BCUT2D eigenvalue weighted by Crippen LogP contribution is 2.23. The van der Waals surface area contributed by atoms with Crippen LogP contribution in [0.1, 0.15) is 24.2 Å². The third-order valence-electron chi connectivity index (χ3n) is 2.79. The zero-order chi connectivity index (χ0) is 14.6. The highest BCUT2D eigenvalue weighted by molar-refractivity contribution is 5.95. The van der Waals surface area contributed by atoms with Gasteiger partial charge in [-0.2, -0.15) is 0 Å². The number of nitrogens with one attached hydrogen (secondary N) is 1. The summed E-state index contributed by atoms with van der Waals surface area (Å²) in [6.45, 7) is 3.59. The molecule has 0 aliphatic heterocycles. The van der Waals surface area contributed by atoms with Gasteiger partial charge in [-0.3, -0.25) is 10.1 Å². The number of carboxylic acid groups (broad SMARTS) is 1. The Morgan fingerprint density at radius 2 is 2.11 bits per heavy atom. The van der Waals surface area contributed by atoms with Crippen LogP contribution in [0.5, 0.6) is 0 Å². The molecule has 0 bridgehead atoms. The molecule has 7 nitrogen and oxygen atoms in total. The van der Waals surface area contributed by atoms with Crippen LogP contribution in [0.15, 0.2) is 18.2 Å². The van der Waals surface area contributed by atoms with Crippen LogP contribution in [-0.4, -0.2) is 33.8 Å². The number of anilines is 1. The van der Waals surface area contributed by atoms with Crippen LogP contribution in [0.25, 0.3) is 0 Å². The second kappa shape index (κ2) is 6.14. The smallest absolute Gasteiger partial charge is 0.338 e. The fourth-order valence-electron chi connectivity index (χ4n) is 1.57. The number of hydrogen-bond acceptors (Lipinski definition) is 5. The number of nitro benzene ring substituents is 1. The average Bonchev–Trinajstić information content (AvgIpc) is 2.35. The van der Waals surface area contributed by atoms with Gasteiger partial charge >= 0.3 is 5.97 Å². The highest BCUT2D eigenvalue weighted by atomic mass is 16.6. The van der Waals surface area contributed by atoms with Crippen molar-refractivity contribution in [1.29, 1.82) is 0 Å². The Hall–Kier alpha value is -2.15. The van der Waals surface area contributed by atoms with Gasteiger partial charge in [-0.1, -0.05) is 13.8 Å². The fraction of sp³-hybridized carbons (Fsp3) is 0.417. The van der Waals surface area contributed by atoms with Crippen molar-refractivity contribution in [1.82, 2.24) is 0 Å². The molecular weight excluding hydrogens is 252 g/mol. The second-order valence-electron chi connectivity index (χ2n) is 4.47. The van der Waals surface area contributed by atoms with E-state index < -0.39 is 10.9 Å². The molecule has 0 amide bonds. The summed E-state index contributed by atoms with van der Waals surface area (Å²) in [7, 11) is 0. The fourth-order valence-corrected chi connectivity index (χ4v) is 1.57. The van der Waals surface area contributed by atoms with Gasteiger partial charge in [-0.25, -0.2) is 4.79 Å². The van der Waals surface area contributed by atoms with Gasteiger partial charge in [0.15, 0.2) is 0 Å². The van der Waals surface area contributed by atoms with Gasteiger partial charge in [0, 0.05) is 17.8 Å². The van der Waals surface area contributed by atoms with Crippen molar-refractivity contribution in [3.63, 3.8) is 0 Å². The Bertz CT molecular complexity index is 487. The van der Waals surface area contributed by atoms with E-state index in [1.807, 2.05) is 13.8 Å². The first-order valence-electron chi connectivity index (χ1n) is 5.76. The van der Waals surface area contributed by atoms with Gasteiger partial charge in [0.25, 0.3) is 5.69 Å². The van der Waals surface area contributed by atoms with Gasteiger partial charge in [0.1, 0.15) is 0 Å². The van der Waals surface area contributed by atoms with Crippen LogP contribution in [0.2, 0.25) is 0 Å². The quantitative estimate of drug-likeness (QED) is 0.535. The van der Waals surface area contributed by atoms with Gasteiger partial charge in [-0.15, -0.1) is 0 Å². The van der Waals surface area contributed by atoms with E-state index >= 15 is 0 Å². The third kappa shape index (κ3) is 3.65. The topological polar surface area (TPSA) is 113 Å². The number of carboxylic acids is 1. The van der Waals surface area contributed by atoms with Crippen molar-refractivity contribution < 1.29 is 19.9 Å². The number of aliphatic hydroxyl groups is 1. The molecule has 19 heavy (non-hydrogen) atoms. The average molecular weight is 268 g/mol. The standard InChI is InChI=1S/C12H16N2O5/c1-7(2)11(6-15)13-10-4-3-8(14(18)19)5-9(10)12(16)17/h3-5,7,11,13,15H,6H2,1-2H3,(H,16,17)/t11-/m1/s1. The summed E-state index contributed by atoms with van der Waals surface area (Å²) in [5, 5.41) is 31.8. The molecular formula is C12H16N2O5. The molecule has 0 fully saturated rings. The Balaban J connectivity index is 3.13. The molecule has 1 rings (SSSR count). The van der Waals surface area contributed by atoms with Crippen LogP contribution in [0, 0.1) is 16.0 Å². The van der Waals surface area contributed by atoms with Crippen molar-refractivity contribution in [2.45, 2.75) is 19.9 Å². The van der Waals surface area contributed by atoms with E-state index in [9.17, 15) is 20.0 Å². The first-order valence-corrected chi connectivity index (χ1v) is 5.76. The van der Waals surface area contributed by atoms with Gasteiger partial charge < -0.3 is 15.5 Å². The maximum absolute atomic E-state index is 11.1. The lowest BCUT2D eigenvalue weighted by atomic mass is 10.0. The highest BCUT2D eigenvalue weighted by Gasteiger charge is 2.19. The second-order valence-corrected chi connectivity index (χ2v) is 4.47. The summed E-state index contributed by atoms with van der Waals surface area (Å²) in [6, 6.07) is 3.25. The molecule has 0 aliphatic rings. The van der Waals surface area contributed by atoms with Crippen LogP contribution in [0.3, 0.4) is 0 Å². The molecule has 104 valence electrons. The minimum absolute atomic E-state index is 0.0850. The monoisotopic (exact) mass is 268 g/mol. The molecule has 1 aromatic rings. The molecule has 0 heterocycles. The molecule has 0 aromatic heterocycles. The van der Waals surface area contributed by atoms with E-state index in [-0.39, 0.29) is 35.5 Å². The maximum atomic E-state index is 11.1. The molecule has 0 radical (unpaired) electrons. The lowest BCUT2D eigenvalue weighted by Crippen LogP contribution is -2.30. The first kappa shape index (κ1) is 14.9. The Kier molecular flexibility index (Phi) is 4.82. The van der Waals surface area contributed by atoms with Crippen LogP contribution < -0.4 is 5.32 Å². The zero-order valence-electron chi connectivity index (χ0n) is 10.7. The zero-order valence-corrected chi connectivity index (χ0v) is 10.7. The number of rotatable bonds is 6. The normalized spacial score (nSPS) is 12.2. The number of hydrogen-bond donors (Lipinski definition) is 3. The van der Waals surface area contributed by atoms with E-state index in [0.29, 0.717) is 0 Å². The summed E-state index contributed by atoms with van der Waals surface area (Å²) in [5.41, 5.74) is -0.216. The van der Waals surface area contributed by atoms with E-state index in [0.717, 1.165) is 6.07 Å². The molecule has 1 atom stereocenters. The summed E-state index contributed by atoms with van der Waals surface area (Å²) >= 11 is 0. The predicted octanol–water partition coefficient (Wildman–Crippen LogP) is 1.72. The van der Waals surface area contributed by atoms with E-state index in [2.05, 4.69) is 5.32 Å². The Labute approximate surface area is 110 Å². The van der Waals surface area contributed by atoms with Crippen LogP contribution in [-0.2, 0) is 0 Å². The maximum Gasteiger partial charge on any atom is 0.338 e. The van der Waals surface area contributed by atoms with E-state index in [1.54, 1.807) is 0 Å². The van der Waals surface area contributed by atoms with Crippen molar-refractivity contribution >= 4 is 17.3 Å². The van der Waals surface area contributed by atoms with Crippen molar-refractivity contribution in [2.24, 2.45) is 5.92 Å². The Morgan fingerprint density at radius 1 is 1.47 bits per heavy atom. The summed E-state index contributed by atoms with van der Waals surface area (Å²) in [4.78, 5) is 21.1. The first-order chi connectivity index (χ1) is 8.86. The minimum Gasteiger partial charge on any atom is -0.478 e. The van der Waals surface area contributed by atoms with Crippen LogP contribution in [0.4, 0.5) is 11.4 Å². The van der Waals surface area contributed by atoms with Crippen molar-refractivity contribution in [3.8, 4) is 0 Å². The number of nitrogens with zero attached hydrogens (tertiary/aromatic N) is 1. The number of nitro groups is 1. The summed E-state index contributed by atoms with van der Waals surface area (Å²) < 4.78 is 0. The molecule has 0 saturated heterocycles. The third-order valence-corrected chi connectivity index (χ3v) is 2.79. The van der Waals surface area contributed by atoms with Crippen molar-refractivity contribution in [3.05, 3.63) is 33.9 Å². The Morgan fingerprint density at radius 3 is 2.53 bits per heavy atom.